The lowest BCUT2D eigenvalue weighted by molar-refractivity contribution is 0.0764. The van der Waals surface area contributed by atoms with Gasteiger partial charge in [-0.3, -0.25) is 4.79 Å². The Balaban J connectivity index is 2.94. The zero-order valence-corrected chi connectivity index (χ0v) is 9.11. The van der Waals surface area contributed by atoms with Crippen LogP contribution in [0.2, 0.25) is 0 Å². The molecule has 0 aliphatic heterocycles. The molecular formula is C11H15FN2O2. The summed E-state index contributed by atoms with van der Waals surface area (Å²) in [6.07, 6.45) is 0. The van der Waals surface area contributed by atoms with Crippen molar-refractivity contribution >= 4 is 5.91 Å². The van der Waals surface area contributed by atoms with Gasteiger partial charge in [0.15, 0.2) is 0 Å². The van der Waals surface area contributed by atoms with E-state index in [1.165, 1.54) is 17.0 Å². The lowest BCUT2D eigenvalue weighted by atomic mass is 10.1. The van der Waals surface area contributed by atoms with Gasteiger partial charge in [0.05, 0.1) is 5.56 Å². The highest BCUT2D eigenvalue weighted by atomic mass is 19.1. The molecule has 0 saturated heterocycles. The van der Waals surface area contributed by atoms with E-state index >= 15 is 0 Å². The summed E-state index contributed by atoms with van der Waals surface area (Å²) in [5, 5.41) is 9.03. The standard InChI is InChI=1S/C11H15FN2O2/c1-2-14(6-5-13)11(16)9-4-3-8(15)7-10(9)12/h3-4,7,15H,2,5-6,13H2,1H3. The molecule has 0 saturated carbocycles. The van der Waals surface area contributed by atoms with E-state index < -0.39 is 11.7 Å². The number of phenols is 1. The van der Waals surface area contributed by atoms with Crippen molar-refractivity contribution < 1.29 is 14.3 Å². The summed E-state index contributed by atoms with van der Waals surface area (Å²) in [5.74, 6) is -1.33. The van der Waals surface area contributed by atoms with Gasteiger partial charge in [-0.1, -0.05) is 0 Å². The van der Waals surface area contributed by atoms with Crippen LogP contribution in [0, 0.1) is 5.82 Å². The average Bonchev–Trinajstić information content (AvgIpc) is 2.25. The Hall–Kier alpha value is -1.62. The van der Waals surface area contributed by atoms with Crippen LogP contribution in [0.1, 0.15) is 17.3 Å². The number of rotatable bonds is 4. The molecule has 0 aliphatic carbocycles. The van der Waals surface area contributed by atoms with Crippen molar-refractivity contribution in [3.63, 3.8) is 0 Å². The van der Waals surface area contributed by atoms with Crippen molar-refractivity contribution in [1.29, 1.82) is 0 Å². The average molecular weight is 226 g/mol. The minimum absolute atomic E-state index is 0.0481. The molecule has 0 heterocycles. The summed E-state index contributed by atoms with van der Waals surface area (Å²) in [4.78, 5) is 13.3. The van der Waals surface area contributed by atoms with Gasteiger partial charge in [-0.15, -0.1) is 0 Å². The van der Waals surface area contributed by atoms with Gasteiger partial charge in [-0.05, 0) is 19.1 Å². The van der Waals surface area contributed by atoms with E-state index in [-0.39, 0.29) is 11.3 Å². The minimum atomic E-state index is -0.722. The molecule has 16 heavy (non-hydrogen) atoms. The third-order valence-electron chi connectivity index (χ3n) is 2.25. The number of likely N-dealkylation sites (N-methyl/N-ethyl adjacent to an activating group) is 1. The Labute approximate surface area is 93.5 Å². The molecule has 0 aliphatic rings. The van der Waals surface area contributed by atoms with Crippen molar-refractivity contribution in [3.05, 3.63) is 29.6 Å². The maximum absolute atomic E-state index is 13.4. The summed E-state index contributed by atoms with van der Waals surface area (Å²) < 4.78 is 13.4. The highest BCUT2D eigenvalue weighted by Crippen LogP contribution is 2.16. The minimum Gasteiger partial charge on any atom is -0.508 e. The number of hydrogen-bond acceptors (Lipinski definition) is 3. The molecule has 0 fully saturated rings. The van der Waals surface area contributed by atoms with Crippen LogP contribution in [0.4, 0.5) is 4.39 Å². The number of amides is 1. The molecule has 1 aromatic carbocycles. The summed E-state index contributed by atoms with van der Waals surface area (Å²) in [7, 11) is 0. The topological polar surface area (TPSA) is 66.6 Å². The normalized spacial score (nSPS) is 10.2. The summed E-state index contributed by atoms with van der Waals surface area (Å²) >= 11 is 0. The second-order valence-electron chi connectivity index (χ2n) is 3.34. The first-order chi connectivity index (χ1) is 7.60. The van der Waals surface area contributed by atoms with Crippen LogP contribution in [0.5, 0.6) is 5.75 Å². The molecule has 4 nitrogen and oxygen atoms in total. The number of nitrogens with zero attached hydrogens (tertiary/aromatic N) is 1. The highest BCUT2D eigenvalue weighted by molar-refractivity contribution is 5.94. The van der Waals surface area contributed by atoms with E-state index in [1.54, 1.807) is 6.92 Å². The summed E-state index contributed by atoms with van der Waals surface area (Å²) in [5.41, 5.74) is 5.31. The first kappa shape index (κ1) is 12.4. The number of benzene rings is 1. The molecule has 0 spiro atoms. The molecule has 5 heteroatoms. The third-order valence-corrected chi connectivity index (χ3v) is 2.25. The maximum atomic E-state index is 13.4. The fourth-order valence-corrected chi connectivity index (χ4v) is 1.41. The molecule has 0 radical (unpaired) electrons. The Morgan fingerprint density at radius 1 is 1.56 bits per heavy atom. The van der Waals surface area contributed by atoms with E-state index in [9.17, 15) is 9.18 Å². The quantitative estimate of drug-likeness (QED) is 0.803. The molecule has 0 bridgehead atoms. The molecule has 1 amide bonds. The lowest BCUT2D eigenvalue weighted by Gasteiger charge is -2.20. The van der Waals surface area contributed by atoms with Gasteiger partial charge in [0.25, 0.3) is 5.91 Å². The van der Waals surface area contributed by atoms with Crippen LogP contribution in [-0.2, 0) is 0 Å². The Morgan fingerprint density at radius 2 is 2.25 bits per heavy atom. The van der Waals surface area contributed by atoms with Crippen molar-refractivity contribution in [2.75, 3.05) is 19.6 Å². The molecule has 0 unspecified atom stereocenters. The van der Waals surface area contributed by atoms with Gasteiger partial charge < -0.3 is 15.7 Å². The zero-order chi connectivity index (χ0) is 12.1. The highest BCUT2D eigenvalue weighted by Gasteiger charge is 2.17. The molecule has 0 aromatic heterocycles. The molecule has 3 N–H and O–H groups in total. The monoisotopic (exact) mass is 226 g/mol. The summed E-state index contributed by atoms with van der Waals surface area (Å²) in [6.45, 7) is 2.98. The predicted molar refractivity (Wildman–Crippen MR) is 58.7 cm³/mol. The smallest absolute Gasteiger partial charge is 0.256 e. The van der Waals surface area contributed by atoms with Crippen LogP contribution in [0.25, 0.3) is 0 Å². The fraction of sp³-hybridized carbons (Fsp3) is 0.364. The molecule has 1 rings (SSSR count). The van der Waals surface area contributed by atoms with Crippen LogP contribution < -0.4 is 5.73 Å². The third kappa shape index (κ3) is 2.70. The Kier molecular flexibility index (Phi) is 4.25. The van der Waals surface area contributed by atoms with Gasteiger partial charge in [-0.2, -0.15) is 0 Å². The van der Waals surface area contributed by atoms with Crippen LogP contribution in [0.15, 0.2) is 18.2 Å². The van der Waals surface area contributed by atoms with E-state index in [1.807, 2.05) is 0 Å². The van der Waals surface area contributed by atoms with Crippen LogP contribution in [-0.4, -0.2) is 35.5 Å². The first-order valence-corrected chi connectivity index (χ1v) is 5.08. The predicted octanol–water partition coefficient (Wildman–Crippen LogP) is 0.952. The van der Waals surface area contributed by atoms with E-state index in [0.29, 0.717) is 19.6 Å². The van der Waals surface area contributed by atoms with E-state index in [4.69, 9.17) is 10.8 Å². The molecule has 1 aromatic rings. The van der Waals surface area contributed by atoms with Gasteiger partial charge in [-0.25, -0.2) is 4.39 Å². The molecule has 88 valence electrons. The largest absolute Gasteiger partial charge is 0.508 e. The number of halogens is 1. The van der Waals surface area contributed by atoms with Gasteiger partial charge in [0.2, 0.25) is 0 Å². The molecule has 0 atom stereocenters. The Bertz CT molecular complexity index is 382. The number of carbonyl (C=O) groups excluding carboxylic acids is 1. The zero-order valence-electron chi connectivity index (χ0n) is 9.11. The lowest BCUT2D eigenvalue weighted by Crippen LogP contribution is -2.35. The SMILES string of the molecule is CCN(CCN)C(=O)c1ccc(O)cc1F. The molecular weight excluding hydrogens is 211 g/mol. The van der Waals surface area contributed by atoms with Crippen LogP contribution >= 0.6 is 0 Å². The Morgan fingerprint density at radius 3 is 2.75 bits per heavy atom. The van der Waals surface area contributed by atoms with Crippen molar-refractivity contribution in [3.8, 4) is 5.75 Å². The number of carbonyl (C=O) groups is 1. The second kappa shape index (κ2) is 5.46. The van der Waals surface area contributed by atoms with Crippen molar-refractivity contribution in [1.82, 2.24) is 4.90 Å². The fourth-order valence-electron chi connectivity index (χ4n) is 1.41. The first-order valence-electron chi connectivity index (χ1n) is 5.08. The number of hydrogen-bond donors (Lipinski definition) is 2. The second-order valence-corrected chi connectivity index (χ2v) is 3.34. The van der Waals surface area contributed by atoms with Crippen molar-refractivity contribution in [2.45, 2.75) is 6.92 Å². The number of aromatic hydroxyl groups is 1. The van der Waals surface area contributed by atoms with Gasteiger partial charge >= 0.3 is 0 Å². The maximum Gasteiger partial charge on any atom is 0.256 e. The van der Waals surface area contributed by atoms with Gasteiger partial charge in [0.1, 0.15) is 11.6 Å². The van der Waals surface area contributed by atoms with Crippen molar-refractivity contribution in [2.24, 2.45) is 5.73 Å². The van der Waals surface area contributed by atoms with E-state index in [0.717, 1.165) is 6.07 Å². The van der Waals surface area contributed by atoms with E-state index in [2.05, 4.69) is 0 Å². The van der Waals surface area contributed by atoms with Crippen LogP contribution in [0.3, 0.4) is 0 Å². The van der Waals surface area contributed by atoms with Gasteiger partial charge in [0, 0.05) is 25.7 Å². The summed E-state index contributed by atoms with van der Waals surface area (Å²) in [6, 6.07) is 3.47. The number of nitrogens with two attached hydrogens (primary N) is 1. The number of phenolic OH excluding ortho intramolecular Hbond substituents is 1.